The summed E-state index contributed by atoms with van der Waals surface area (Å²) in [6, 6.07) is -4.48. The summed E-state index contributed by atoms with van der Waals surface area (Å²) in [4.78, 5) is 73.9. The zero-order valence-electron chi connectivity index (χ0n) is 18.2. The van der Waals surface area contributed by atoms with E-state index in [-0.39, 0.29) is 18.9 Å². The molecule has 0 fully saturated rings. The molecule has 0 aromatic rings. The van der Waals surface area contributed by atoms with Gasteiger partial charge in [-0.25, -0.2) is 0 Å². The van der Waals surface area contributed by atoms with Gasteiger partial charge in [0.2, 0.25) is 23.6 Å². The van der Waals surface area contributed by atoms with Crippen molar-refractivity contribution in [2.75, 3.05) is 6.54 Å². The number of hydrogen-bond acceptors (Lipinski definition) is 7. The first-order chi connectivity index (χ1) is 14.9. The number of nitrogens with zero attached hydrogens (tertiary/aromatic N) is 1. The van der Waals surface area contributed by atoms with Crippen LogP contribution in [0.15, 0.2) is 4.99 Å². The number of amides is 4. The predicted octanol–water partition coefficient (Wildman–Crippen LogP) is -3.29. The molecule has 14 nitrogen and oxygen atoms in total. The minimum atomic E-state index is -1.47. The number of guanidine groups is 1. The second-order valence-corrected chi connectivity index (χ2v) is 7.02. The summed E-state index contributed by atoms with van der Waals surface area (Å²) in [7, 11) is 0. The molecule has 0 aromatic heterocycles. The Kier molecular flexibility index (Phi) is 12.7. The van der Waals surface area contributed by atoms with Crippen molar-refractivity contribution >= 4 is 41.8 Å². The molecule has 0 aliphatic heterocycles. The normalized spacial score (nSPS) is 14.0. The van der Waals surface area contributed by atoms with Crippen LogP contribution in [-0.2, 0) is 28.8 Å². The predicted molar refractivity (Wildman–Crippen MR) is 113 cm³/mol. The van der Waals surface area contributed by atoms with Crippen LogP contribution in [0, 0.1) is 0 Å². The minimum absolute atomic E-state index is 0.113. The van der Waals surface area contributed by atoms with E-state index in [1.165, 1.54) is 20.8 Å². The average molecular weight is 457 g/mol. The van der Waals surface area contributed by atoms with Gasteiger partial charge in [-0.05, 0) is 26.7 Å². The van der Waals surface area contributed by atoms with Gasteiger partial charge >= 0.3 is 5.97 Å². The van der Waals surface area contributed by atoms with Gasteiger partial charge in [0.15, 0.2) is 5.96 Å². The summed E-state index contributed by atoms with van der Waals surface area (Å²) in [6.45, 7) is 4.15. The topological polar surface area (TPSA) is 235 Å². The van der Waals surface area contributed by atoms with Crippen LogP contribution >= 0.6 is 0 Å². The third-order valence-electron chi connectivity index (χ3n) is 3.98. The van der Waals surface area contributed by atoms with Crippen LogP contribution in [-0.4, -0.2) is 77.7 Å². The monoisotopic (exact) mass is 457 g/mol. The summed E-state index contributed by atoms with van der Waals surface area (Å²) < 4.78 is 0. The van der Waals surface area contributed by atoms with Gasteiger partial charge in [-0.1, -0.05) is 0 Å². The molecular formula is C18H31N7O7. The van der Waals surface area contributed by atoms with Crippen LogP contribution in [0.3, 0.4) is 0 Å². The Labute approximate surface area is 184 Å². The zero-order chi connectivity index (χ0) is 24.8. The molecule has 0 aliphatic carbocycles. The fourth-order valence-electron chi connectivity index (χ4n) is 2.44. The zero-order valence-corrected chi connectivity index (χ0v) is 18.2. The summed E-state index contributed by atoms with van der Waals surface area (Å²) in [5, 5.41) is 18.3. The molecule has 0 saturated carbocycles. The van der Waals surface area contributed by atoms with Crippen LogP contribution in [0.4, 0.5) is 0 Å². The van der Waals surface area contributed by atoms with Gasteiger partial charge in [0, 0.05) is 13.5 Å². The standard InChI is InChI=1S/C18H31N7O7/c1-9(8-26)22-17(32)13(7-14(28)29)25-15(30)10(2)23-16(31)12(24-11(3)27)5-4-6-21-18(19)20/h8-10,12-13H,4-7H2,1-3H3,(H,22,32)(H,23,31)(H,24,27)(H,25,30)(H,28,29)(H4,19,20,21)/t9-,10-,12-,13-/m0/s1. The lowest BCUT2D eigenvalue weighted by Crippen LogP contribution is -2.56. The Hall–Kier alpha value is -3.71. The van der Waals surface area contributed by atoms with E-state index in [4.69, 9.17) is 16.6 Å². The number of rotatable bonds is 14. The van der Waals surface area contributed by atoms with Crippen molar-refractivity contribution in [1.29, 1.82) is 0 Å². The fourth-order valence-corrected chi connectivity index (χ4v) is 2.44. The lowest BCUT2D eigenvalue weighted by atomic mass is 10.1. The first kappa shape index (κ1) is 28.3. The number of carboxylic acids is 1. The van der Waals surface area contributed by atoms with Crippen molar-refractivity contribution in [2.24, 2.45) is 16.5 Å². The third kappa shape index (κ3) is 12.1. The van der Waals surface area contributed by atoms with E-state index in [9.17, 15) is 28.8 Å². The van der Waals surface area contributed by atoms with Crippen LogP contribution in [0.1, 0.15) is 40.0 Å². The van der Waals surface area contributed by atoms with Gasteiger partial charge in [0.1, 0.15) is 24.4 Å². The van der Waals surface area contributed by atoms with Crippen molar-refractivity contribution < 1.29 is 33.9 Å². The van der Waals surface area contributed by atoms with E-state index >= 15 is 0 Å². The van der Waals surface area contributed by atoms with E-state index in [2.05, 4.69) is 26.3 Å². The van der Waals surface area contributed by atoms with Gasteiger partial charge in [-0.3, -0.25) is 29.0 Å². The van der Waals surface area contributed by atoms with Crippen molar-refractivity contribution in [3.63, 3.8) is 0 Å². The quantitative estimate of drug-likeness (QED) is 0.0598. The second-order valence-electron chi connectivity index (χ2n) is 7.02. The SMILES string of the molecule is CC(=O)N[C@@H](CCCN=C(N)N)C(=O)N[C@@H](C)C(=O)N[C@@H](CC(=O)O)C(=O)N[C@@H](C)C=O. The summed E-state index contributed by atoms with van der Waals surface area (Å²) in [6.07, 6.45) is 0.260. The number of nitrogens with one attached hydrogen (secondary N) is 4. The number of nitrogens with two attached hydrogens (primary N) is 2. The Bertz CT molecular complexity index is 737. The lowest BCUT2D eigenvalue weighted by Gasteiger charge is -2.23. The number of aldehydes is 1. The first-order valence-corrected chi connectivity index (χ1v) is 9.78. The van der Waals surface area contributed by atoms with Crippen LogP contribution < -0.4 is 32.7 Å². The van der Waals surface area contributed by atoms with Gasteiger partial charge in [-0.15, -0.1) is 0 Å². The minimum Gasteiger partial charge on any atom is -0.481 e. The number of aliphatic carboxylic acids is 1. The summed E-state index contributed by atoms with van der Waals surface area (Å²) >= 11 is 0. The smallest absolute Gasteiger partial charge is 0.305 e. The largest absolute Gasteiger partial charge is 0.481 e. The molecule has 0 spiro atoms. The molecule has 0 radical (unpaired) electrons. The number of carbonyl (C=O) groups is 6. The molecule has 0 saturated heterocycles. The second kappa shape index (κ2) is 14.3. The third-order valence-corrected chi connectivity index (χ3v) is 3.98. The molecule has 4 amide bonds. The van der Waals surface area contributed by atoms with Gasteiger partial charge in [0.25, 0.3) is 0 Å². The number of carbonyl (C=O) groups excluding carboxylic acids is 5. The van der Waals surface area contributed by atoms with E-state index in [1.807, 2.05) is 0 Å². The molecule has 0 unspecified atom stereocenters. The lowest BCUT2D eigenvalue weighted by molar-refractivity contribution is -0.141. The maximum absolute atomic E-state index is 12.5. The highest BCUT2D eigenvalue weighted by Crippen LogP contribution is 2.01. The molecule has 9 N–H and O–H groups in total. The van der Waals surface area contributed by atoms with E-state index in [1.54, 1.807) is 0 Å². The Balaban J connectivity index is 5.08. The number of carboxylic acid groups (broad SMARTS) is 1. The fraction of sp³-hybridized carbons (Fsp3) is 0.611. The maximum atomic E-state index is 12.5. The highest BCUT2D eigenvalue weighted by atomic mass is 16.4. The summed E-state index contributed by atoms with van der Waals surface area (Å²) in [5.74, 6) is -4.30. The first-order valence-electron chi connectivity index (χ1n) is 9.78. The van der Waals surface area contributed by atoms with Gasteiger partial charge < -0.3 is 42.6 Å². The average Bonchev–Trinajstić information content (AvgIpc) is 2.68. The maximum Gasteiger partial charge on any atom is 0.305 e. The molecular weight excluding hydrogens is 426 g/mol. The highest BCUT2D eigenvalue weighted by molar-refractivity contribution is 5.95. The molecule has 0 aromatic carbocycles. The molecule has 0 heterocycles. The van der Waals surface area contributed by atoms with E-state index in [0.717, 1.165) is 0 Å². The van der Waals surface area contributed by atoms with Crippen LogP contribution in [0.25, 0.3) is 0 Å². The molecule has 32 heavy (non-hydrogen) atoms. The Morgan fingerprint density at radius 2 is 1.53 bits per heavy atom. The van der Waals surface area contributed by atoms with Crippen LogP contribution in [0.5, 0.6) is 0 Å². The number of aliphatic imine (C=N–C) groups is 1. The molecule has 4 atom stereocenters. The van der Waals surface area contributed by atoms with Gasteiger partial charge in [-0.2, -0.15) is 0 Å². The van der Waals surface area contributed by atoms with E-state index in [0.29, 0.717) is 12.7 Å². The summed E-state index contributed by atoms with van der Waals surface area (Å²) in [5.41, 5.74) is 10.5. The van der Waals surface area contributed by atoms with Crippen molar-refractivity contribution in [3.05, 3.63) is 0 Å². The van der Waals surface area contributed by atoms with Crippen molar-refractivity contribution in [3.8, 4) is 0 Å². The molecule has 14 heteroatoms. The van der Waals surface area contributed by atoms with Crippen molar-refractivity contribution in [2.45, 2.75) is 64.2 Å². The van der Waals surface area contributed by atoms with Crippen LogP contribution in [0.2, 0.25) is 0 Å². The molecule has 0 bridgehead atoms. The highest BCUT2D eigenvalue weighted by Gasteiger charge is 2.28. The molecule has 0 aliphatic rings. The molecule has 0 rings (SSSR count). The Morgan fingerprint density at radius 3 is 2.03 bits per heavy atom. The molecule has 180 valence electrons. The van der Waals surface area contributed by atoms with Crippen molar-refractivity contribution in [1.82, 2.24) is 21.3 Å². The number of hydrogen-bond donors (Lipinski definition) is 7. The Morgan fingerprint density at radius 1 is 0.938 bits per heavy atom. The van der Waals surface area contributed by atoms with Gasteiger partial charge in [0.05, 0.1) is 12.5 Å². The van der Waals surface area contributed by atoms with E-state index < -0.39 is 60.2 Å².